The van der Waals surface area contributed by atoms with Crippen molar-refractivity contribution in [3.05, 3.63) is 12.2 Å². The van der Waals surface area contributed by atoms with Crippen molar-refractivity contribution in [2.24, 2.45) is 35.5 Å². The highest BCUT2D eigenvalue weighted by molar-refractivity contribution is 7.91. The van der Waals surface area contributed by atoms with E-state index in [-0.39, 0.29) is 68.5 Å². The van der Waals surface area contributed by atoms with Crippen LogP contribution in [-0.4, -0.2) is 295 Å². The first kappa shape index (κ1) is 85.0. The summed E-state index contributed by atoms with van der Waals surface area (Å²) in [5.74, 6) is -12.1. The van der Waals surface area contributed by atoms with E-state index in [9.17, 15) is 37.5 Å². The van der Waals surface area contributed by atoms with E-state index in [0.29, 0.717) is 32.8 Å². The predicted octanol–water partition coefficient (Wildman–Crippen LogP) is 2.23. The highest BCUT2D eigenvalue weighted by Crippen LogP contribution is 2.29. The Hall–Kier alpha value is -6.26. The van der Waals surface area contributed by atoms with Gasteiger partial charge in [0.25, 0.3) is 0 Å². The maximum Gasteiger partial charge on any atom is 0.246 e. The monoisotopic (exact) mass is 1390 g/mol. The second kappa shape index (κ2) is 37.8. The van der Waals surface area contributed by atoms with Crippen molar-refractivity contribution >= 4 is 74.8 Å². The van der Waals surface area contributed by atoms with E-state index in [2.05, 4.69) is 20.9 Å². The van der Waals surface area contributed by atoms with Crippen LogP contribution in [-0.2, 0) is 67.3 Å². The Balaban J connectivity index is 2.41. The number of aliphatic hydroxyl groups excluding tert-OH is 1. The van der Waals surface area contributed by atoms with Crippen molar-refractivity contribution in [1.29, 1.82) is 0 Å². The van der Waals surface area contributed by atoms with Crippen LogP contribution >= 0.6 is 0 Å². The molecule has 0 radical (unpaired) electrons. The highest BCUT2D eigenvalue weighted by Gasteiger charge is 2.49. The molecule has 3 fully saturated rings. The molecule has 4 N–H and O–H groups in total. The molecule has 0 saturated carbocycles. The third-order valence-electron chi connectivity index (χ3n) is 19.5. The molecule has 97 heavy (non-hydrogen) atoms. The van der Waals surface area contributed by atoms with Gasteiger partial charge >= 0.3 is 0 Å². The molecule has 0 spiro atoms. The molecule has 14 atom stereocenters. The van der Waals surface area contributed by atoms with Gasteiger partial charge in [-0.15, -0.1) is 0 Å². The number of allylic oxidation sites excluding steroid dienone is 2. The minimum atomic E-state index is -4.21. The second-order valence-electron chi connectivity index (χ2n) is 29.4. The van der Waals surface area contributed by atoms with Gasteiger partial charge in [0.1, 0.15) is 66.5 Å². The van der Waals surface area contributed by atoms with Crippen LogP contribution in [0.25, 0.3) is 0 Å². The number of sulfone groups is 1. The SMILES string of the molecule is CC=CC[C@@H](C)[C@@H](O)[C@@H]1C(=O)N[C@H](CC)C(=O)N(C)[C@H](CS(=O)(=O)CCCN2CCOCC2)C(=O)N(C)[C@@H](CC(C)C)C(=O)N[C@H](C(C)C)C(=O)N(C)[C@@H]2CC(C)N(C2=O)[C@H](C)C(=O)N[C@@H](C)C(=O)N(C)[C@H](CC(C)C)C(=O)N(C)[C@H](CC(C)C)C(=O)N(C)[C@H](C(C)C)C(=O)N1C. The van der Waals surface area contributed by atoms with Crippen LogP contribution in [0, 0.1) is 35.5 Å². The first-order valence-electron chi connectivity index (χ1n) is 34.9. The molecule has 1 unspecified atom stereocenters. The number of ether oxygens (including phenoxy) is 1. The lowest BCUT2D eigenvalue weighted by molar-refractivity contribution is -0.157. The van der Waals surface area contributed by atoms with Gasteiger partial charge in [-0.3, -0.25) is 57.6 Å². The molecule has 0 aliphatic carbocycles. The van der Waals surface area contributed by atoms with Gasteiger partial charge in [0.05, 0.1) is 30.8 Å². The van der Waals surface area contributed by atoms with Gasteiger partial charge in [0.2, 0.25) is 65.0 Å². The number of hydrogen-bond donors (Lipinski definition) is 4. The molecular weight excluding hydrogens is 1270 g/mol. The molecule has 3 heterocycles. The molecule has 3 aliphatic rings. The van der Waals surface area contributed by atoms with E-state index in [1.807, 2.05) is 27.7 Å². The van der Waals surface area contributed by atoms with Gasteiger partial charge in [-0.05, 0) is 115 Å². The standard InChI is InChI=1S/C69H122N12O15S/c1-24-26-28-45(13)58(82)57-61(85)71-49(25-2)63(87)77(21)54(39-97(94,95)34-27-29-80-30-32-96-33-31-80)66(90)73(17)50(35-40(3)4)60(84)72-55(43(9)10)68(92)76(20)53-38-46(14)81(67(53)91)48(16)59(83)70-47(15)62(86)74(18)51(36-41(5)6)64(88)75(19)52(37-42(7)8)65(89)78(22)56(44(11)12)69(93)79(57)23/h24,26,40-58,82H,25,27-39H2,1-23H3,(H,70,83)(H,71,85)(H,72,84)/t45-,46?,47+,48-,49-,50+,51-,52-,53-,54-,55-,56-,57-,58-/m1/s1. The van der Waals surface area contributed by atoms with Crippen LogP contribution < -0.4 is 16.0 Å². The third kappa shape index (κ3) is 22.4. The maximum atomic E-state index is 15.4. The lowest BCUT2D eigenvalue weighted by Crippen LogP contribution is -2.64. The Kier molecular flexibility index (Phi) is 33.1. The van der Waals surface area contributed by atoms with Gasteiger partial charge in [-0.25, -0.2) is 8.42 Å². The molecule has 3 saturated heterocycles. The zero-order chi connectivity index (χ0) is 74.2. The number of morpholine rings is 1. The summed E-state index contributed by atoms with van der Waals surface area (Å²) >= 11 is 0. The van der Waals surface area contributed by atoms with Gasteiger partial charge in [-0.2, -0.15) is 0 Å². The van der Waals surface area contributed by atoms with E-state index in [1.54, 1.807) is 81.4 Å². The third-order valence-corrected chi connectivity index (χ3v) is 21.2. The zero-order valence-electron chi connectivity index (χ0n) is 62.6. The largest absolute Gasteiger partial charge is 0.390 e. The molecular formula is C69H122N12O15S. The van der Waals surface area contributed by atoms with E-state index in [1.165, 1.54) is 87.7 Å². The van der Waals surface area contributed by atoms with Crippen LogP contribution in [0.1, 0.15) is 156 Å². The first-order valence-corrected chi connectivity index (χ1v) is 36.7. The second-order valence-corrected chi connectivity index (χ2v) is 31.6. The Morgan fingerprint density at radius 2 is 1.03 bits per heavy atom. The Morgan fingerprint density at radius 1 is 0.546 bits per heavy atom. The number of nitrogens with one attached hydrogen (secondary N) is 3. The van der Waals surface area contributed by atoms with Crippen molar-refractivity contribution < 1.29 is 71.0 Å². The van der Waals surface area contributed by atoms with Crippen molar-refractivity contribution in [2.75, 3.05) is 93.7 Å². The molecule has 0 aromatic rings. The minimum absolute atomic E-state index is 0.00243. The fraction of sp³-hybridized carbons (Fsp3) is 0.812. The smallest absolute Gasteiger partial charge is 0.246 e. The topological polar surface area (TPSA) is 317 Å². The summed E-state index contributed by atoms with van der Waals surface area (Å²) in [5, 5.41) is 20.6. The number of carbonyl (C=O) groups is 11. The van der Waals surface area contributed by atoms with Crippen LogP contribution in [0.5, 0.6) is 0 Å². The molecule has 2 bridgehead atoms. The summed E-state index contributed by atoms with van der Waals surface area (Å²) in [4.78, 5) is 176. The molecule has 554 valence electrons. The number of rotatable bonds is 19. The van der Waals surface area contributed by atoms with Crippen molar-refractivity contribution in [3.63, 3.8) is 0 Å². The average molecular weight is 1390 g/mol. The number of fused-ring (bicyclic) bond motifs is 2. The quantitative estimate of drug-likeness (QED) is 0.135. The lowest BCUT2D eigenvalue weighted by atomic mass is 9.91. The summed E-state index contributed by atoms with van der Waals surface area (Å²) in [6, 6.07) is -15.5. The van der Waals surface area contributed by atoms with E-state index in [0.717, 1.165) is 14.7 Å². The number of nitrogens with zero attached hydrogens (tertiary/aromatic N) is 9. The molecule has 27 nitrogen and oxygen atoms in total. The minimum Gasteiger partial charge on any atom is -0.390 e. The fourth-order valence-electron chi connectivity index (χ4n) is 13.3. The summed E-state index contributed by atoms with van der Waals surface area (Å²) < 4.78 is 34.3. The van der Waals surface area contributed by atoms with Crippen molar-refractivity contribution in [2.45, 2.75) is 234 Å². The predicted molar refractivity (Wildman–Crippen MR) is 371 cm³/mol. The summed E-state index contributed by atoms with van der Waals surface area (Å²) in [5.41, 5.74) is 0. The molecule has 0 aromatic heterocycles. The maximum absolute atomic E-state index is 15.4. The first-order chi connectivity index (χ1) is 45.0. The number of aliphatic hydroxyl groups is 1. The van der Waals surface area contributed by atoms with Gasteiger partial charge in [-0.1, -0.05) is 95.2 Å². The van der Waals surface area contributed by atoms with E-state index < -0.39 is 177 Å². The normalized spacial score (nSPS) is 28.4. The lowest BCUT2D eigenvalue weighted by Gasteiger charge is -2.41. The van der Waals surface area contributed by atoms with Crippen molar-refractivity contribution in [1.82, 2.24) is 60.0 Å². The van der Waals surface area contributed by atoms with Crippen LogP contribution in [0.4, 0.5) is 0 Å². The highest BCUT2D eigenvalue weighted by atomic mass is 32.2. The van der Waals surface area contributed by atoms with Gasteiger partial charge < -0.3 is 65.0 Å². The van der Waals surface area contributed by atoms with E-state index in [4.69, 9.17) is 4.74 Å². The van der Waals surface area contributed by atoms with Gasteiger partial charge in [0.15, 0.2) is 9.84 Å². The van der Waals surface area contributed by atoms with Crippen LogP contribution in [0.15, 0.2) is 12.2 Å². The van der Waals surface area contributed by atoms with E-state index >= 15 is 28.8 Å². The number of carbonyl (C=O) groups excluding carboxylic acids is 11. The Labute approximate surface area is 579 Å². The fourth-order valence-corrected chi connectivity index (χ4v) is 14.9. The summed E-state index contributed by atoms with van der Waals surface area (Å²) in [6.45, 7) is 30.1. The Bertz CT molecular complexity index is 2870. The molecule has 0 aromatic carbocycles. The summed E-state index contributed by atoms with van der Waals surface area (Å²) in [7, 11) is 5.36. The number of hydrogen-bond acceptors (Lipinski definition) is 16. The number of likely N-dealkylation sites (N-methyl/N-ethyl adjacent to an activating group) is 7. The zero-order valence-corrected chi connectivity index (χ0v) is 63.4. The molecule has 3 rings (SSSR count). The summed E-state index contributed by atoms with van der Waals surface area (Å²) in [6.07, 6.45) is 2.54. The molecule has 11 amide bonds. The van der Waals surface area contributed by atoms with Gasteiger partial charge in [0, 0.05) is 68.5 Å². The van der Waals surface area contributed by atoms with Crippen LogP contribution in [0.3, 0.4) is 0 Å². The van der Waals surface area contributed by atoms with Crippen LogP contribution in [0.2, 0.25) is 0 Å². The number of amides is 11. The molecule has 3 aliphatic heterocycles. The Morgan fingerprint density at radius 3 is 1.54 bits per heavy atom. The molecule has 28 heteroatoms. The average Bonchev–Trinajstić information content (AvgIpc) is 1.77. The van der Waals surface area contributed by atoms with Crippen molar-refractivity contribution in [3.8, 4) is 0 Å².